The lowest BCUT2D eigenvalue weighted by molar-refractivity contribution is 0.177. The van der Waals surface area contributed by atoms with Crippen molar-refractivity contribution in [3.63, 3.8) is 0 Å². The second-order valence-corrected chi connectivity index (χ2v) is 7.48. The molecule has 0 fully saturated rings. The third-order valence-corrected chi connectivity index (χ3v) is 4.86. The van der Waals surface area contributed by atoms with Gasteiger partial charge in [0.1, 0.15) is 11.6 Å². The third-order valence-electron chi connectivity index (χ3n) is 2.47. The molecular weight excluding hydrogens is 390 g/mol. The van der Waals surface area contributed by atoms with Crippen LogP contribution in [0.25, 0.3) is 0 Å². The van der Waals surface area contributed by atoms with E-state index in [1.54, 1.807) is 6.07 Å². The molecule has 0 spiro atoms. The fourth-order valence-corrected chi connectivity index (χ4v) is 4.54. The van der Waals surface area contributed by atoms with Crippen LogP contribution in [0.15, 0.2) is 31.8 Å². The molecule has 0 aliphatic heterocycles. The van der Waals surface area contributed by atoms with Crippen LogP contribution in [0.5, 0.6) is 0 Å². The van der Waals surface area contributed by atoms with E-state index in [0.29, 0.717) is 5.56 Å². The van der Waals surface area contributed by atoms with E-state index in [9.17, 15) is 13.9 Å². The number of aliphatic hydroxyl groups excluding tert-OH is 1. The Balaban J connectivity index is 2.21. The molecule has 0 amide bonds. The summed E-state index contributed by atoms with van der Waals surface area (Å²) in [6.07, 6.45) is -0.727. The molecule has 1 aromatic carbocycles. The Morgan fingerprint density at radius 1 is 1.22 bits per heavy atom. The largest absolute Gasteiger partial charge is 0.388 e. The molecule has 1 aromatic heterocycles. The van der Waals surface area contributed by atoms with Crippen LogP contribution in [0.4, 0.5) is 8.78 Å². The predicted molar refractivity (Wildman–Crippen MR) is 74.7 cm³/mol. The van der Waals surface area contributed by atoms with Gasteiger partial charge in [-0.1, -0.05) is 6.07 Å². The quantitative estimate of drug-likeness (QED) is 0.786. The molecule has 0 aliphatic rings. The molecular formula is C12H8Br2F2OS. The number of rotatable bonds is 3. The Morgan fingerprint density at radius 3 is 2.50 bits per heavy atom. The number of benzene rings is 1. The Hall–Kier alpha value is -0.300. The van der Waals surface area contributed by atoms with Crippen LogP contribution in [-0.2, 0) is 6.42 Å². The first-order valence-corrected chi connectivity index (χ1v) is 7.44. The summed E-state index contributed by atoms with van der Waals surface area (Å²) < 4.78 is 27.9. The fourth-order valence-electron chi connectivity index (χ4n) is 1.59. The zero-order chi connectivity index (χ0) is 13.3. The topological polar surface area (TPSA) is 20.2 Å². The summed E-state index contributed by atoms with van der Waals surface area (Å²) in [6, 6.07) is 5.13. The summed E-state index contributed by atoms with van der Waals surface area (Å²) >= 11 is 8.08. The van der Waals surface area contributed by atoms with Crippen molar-refractivity contribution in [1.29, 1.82) is 0 Å². The molecule has 1 heterocycles. The van der Waals surface area contributed by atoms with Gasteiger partial charge in [0.15, 0.2) is 0 Å². The summed E-state index contributed by atoms with van der Waals surface area (Å²) in [7, 11) is 0. The summed E-state index contributed by atoms with van der Waals surface area (Å²) in [6.45, 7) is 0. The average Bonchev–Trinajstić information content (AvgIpc) is 2.62. The van der Waals surface area contributed by atoms with Gasteiger partial charge in [-0.3, -0.25) is 0 Å². The molecule has 0 aliphatic carbocycles. The standard InChI is InChI=1S/C12H8Br2F2OS/c13-11-5-8(12(14)18-11)10(17)3-6-1-2-7(15)4-9(6)16/h1-2,4-5,10,17H,3H2. The van der Waals surface area contributed by atoms with E-state index in [1.165, 1.54) is 23.5 Å². The van der Waals surface area contributed by atoms with Crippen molar-refractivity contribution in [2.24, 2.45) is 0 Å². The number of aliphatic hydroxyl groups is 1. The summed E-state index contributed by atoms with van der Waals surface area (Å²) in [5.41, 5.74) is 0.980. The average molecular weight is 398 g/mol. The molecule has 0 saturated heterocycles. The van der Waals surface area contributed by atoms with Gasteiger partial charge in [-0.15, -0.1) is 11.3 Å². The fraction of sp³-hybridized carbons (Fsp3) is 0.167. The van der Waals surface area contributed by atoms with E-state index in [2.05, 4.69) is 31.9 Å². The molecule has 0 saturated carbocycles. The Morgan fingerprint density at radius 2 is 1.94 bits per heavy atom. The lowest BCUT2D eigenvalue weighted by Crippen LogP contribution is -2.03. The van der Waals surface area contributed by atoms with Crippen LogP contribution in [0.1, 0.15) is 17.2 Å². The van der Waals surface area contributed by atoms with Crippen LogP contribution in [0.3, 0.4) is 0 Å². The maximum Gasteiger partial charge on any atom is 0.129 e. The molecule has 0 bridgehead atoms. The Bertz CT molecular complexity index is 571. The monoisotopic (exact) mass is 396 g/mol. The van der Waals surface area contributed by atoms with Gasteiger partial charge in [0.05, 0.1) is 13.7 Å². The summed E-state index contributed by atoms with van der Waals surface area (Å²) in [5, 5.41) is 10.1. The van der Waals surface area contributed by atoms with Crippen LogP contribution < -0.4 is 0 Å². The van der Waals surface area contributed by atoms with E-state index < -0.39 is 17.7 Å². The van der Waals surface area contributed by atoms with Gasteiger partial charge in [0.2, 0.25) is 0 Å². The Kier molecular flexibility index (Phi) is 4.53. The highest BCUT2D eigenvalue weighted by Gasteiger charge is 2.17. The van der Waals surface area contributed by atoms with Crippen molar-refractivity contribution in [2.75, 3.05) is 0 Å². The normalized spacial score (nSPS) is 12.7. The molecule has 1 unspecified atom stereocenters. The second-order valence-electron chi connectivity index (χ2n) is 3.74. The van der Waals surface area contributed by atoms with Gasteiger partial charge < -0.3 is 5.11 Å². The van der Waals surface area contributed by atoms with E-state index in [4.69, 9.17) is 0 Å². The second kappa shape index (κ2) is 5.77. The van der Waals surface area contributed by atoms with Crippen LogP contribution in [-0.4, -0.2) is 5.11 Å². The highest BCUT2D eigenvalue weighted by atomic mass is 79.9. The molecule has 2 rings (SSSR count). The smallest absolute Gasteiger partial charge is 0.129 e. The minimum atomic E-state index is -0.832. The van der Waals surface area contributed by atoms with E-state index in [-0.39, 0.29) is 12.0 Å². The molecule has 6 heteroatoms. The van der Waals surface area contributed by atoms with Crippen LogP contribution in [0.2, 0.25) is 0 Å². The van der Waals surface area contributed by atoms with E-state index in [0.717, 1.165) is 13.6 Å². The molecule has 96 valence electrons. The first-order chi connectivity index (χ1) is 8.47. The maximum absolute atomic E-state index is 13.5. The van der Waals surface area contributed by atoms with Gasteiger partial charge in [0, 0.05) is 18.1 Å². The molecule has 1 atom stereocenters. The molecule has 18 heavy (non-hydrogen) atoms. The minimum Gasteiger partial charge on any atom is -0.388 e. The van der Waals surface area contributed by atoms with Crippen molar-refractivity contribution in [3.05, 3.63) is 54.6 Å². The van der Waals surface area contributed by atoms with E-state index >= 15 is 0 Å². The molecule has 2 aromatic rings. The van der Waals surface area contributed by atoms with Gasteiger partial charge in [-0.05, 0) is 49.6 Å². The van der Waals surface area contributed by atoms with Gasteiger partial charge >= 0.3 is 0 Å². The SMILES string of the molecule is OC(Cc1ccc(F)cc1F)c1cc(Br)sc1Br. The number of hydrogen-bond acceptors (Lipinski definition) is 2. The summed E-state index contributed by atoms with van der Waals surface area (Å²) in [4.78, 5) is 0. The first-order valence-electron chi connectivity index (χ1n) is 5.04. The lowest BCUT2D eigenvalue weighted by Gasteiger charge is -2.10. The third kappa shape index (κ3) is 3.17. The van der Waals surface area contributed by atoms with Crippen molar-refractivity contribution in [1.82, 2.24) is 0 Å². The van der Waals surface area contributed by atoms with Gasteiger partial charge in [-0.2, -0.15) is 0 Å². The highest BCUT2D eigenvalue weighted by Crippen LogP contribution is 2.36. The zero-order valence-corrected chi connectivity index (χ0v) is 12.9. The van der Waals surface area contributed by atoms with Crippen molar-refractivity contribution >= 4 is 43.2 Å². The van der Waals surface area contributed by atoms with Crippen LogP contribution >= 0.6 is 43.2 Å². The van der Waals surface area contributed by atoms with Crippen LogP contribution in [0, 0.1) is 11.6 Å². The van der Waals surface area contributed by atoms with Gasteiger partial charge in [-0.25, -0.2) is 8.78 Å². The molecule has 1 N–H and O–H groups in total. The van der Waals surface area contributed by atoms with E-state index in [1.807, 2.05) is 0 Å². The predicted octanol–water partition coefficient (Wildman–Crippen LogP) is 4.83. The minimum absolute atomic E-state index is 0.105. The number of hydrogen-bond donors (Lipinski definition) is 1. The maximum atomic E-state index is 13.5. The lowest BCUT2D eigenvalue weighted by atomic mass is 10.0. The number of thiophene rings is 1. The van der Waals surface area contributed by atoms with Gasteiger partial charge in [0.25, 0.3) is 0 Å². The van der Waals surface area contributed by atoms with Crippen molar-refractivity contribution in [2.45, 2.75) is 12.5 Å². The number of halogens is 4. The van der Waals surface area contributed by atoms with Crippen molar-refractivity contribution < 1.29 is 13.9 Å². The molecule has 1 nitrogen and oxygen atoms in total. The highest BCUT2D eigenvalue weighted by molar-refractivity contribution is 9.12. The molecule has 0 radical (unpaired) electrons. The zero-order valence-electron chi connectivity index (χ0n) is 8.96. The Labute approximate surface area is 124 Å². The summed E-state index contributed by atoms with van der Waals surface area (Å²) in [5.74, 6) is -1.26. The van der Waals surface area contributed by atoms with Crippen molar-refractivity contribution in [3.8, 4) is 0 Å². The first kappa shape index (κ1) is 14.1.